The Hall–Kier alpha value is -2.08. The van der Waals surface area contributed by atoms with Crippen molar-refractivity contribution in [2.45, 2.75) is 6.92 Å². The van der Waals surface area contributed by atoms with Crippen molar-refractivity contribution >= 4 is 33.5 Å². The first-order valence-corrected chi connectivity index (χ1v) is 6.73. The Bertz CT molecular complexity index is 636. The molecule has 1 N–H and O–H groups in total. The summed E-state index contributed by atoms with van der Waals surface area (Å²) in [5.41, 5.74) is 1.05. The molecule has 1 aromatic heterocycles. The quantitative estimate of drug-likeness (QED) is 0.867. The third-order valence-corrected chi connectivity index (χ3v) is 3.15. The number of esters is 1. The van der Waals surface area contributed by atoms with Gasteiger partial charge in [-0.05, 0) is 41.1 Å². The second-order valence-corrected chi connectivity index (χ2v) is 4.55. The number of halogens is 1. The van der Waals surface area contributed by atoms with Crippen LogP contribution in [0.25, 0.3) is 0 Å². The molecule has 6 heteroatoms. The smallest absolute Gasteiger partial charge is 0.340 e. The van der Waals surface area contributed by atoms with Crippen molar-refractivity contribution in [2.75, 3.05) is 11.9 Å². The van der Waals surface area contributed by atoms with Gasteiger partial charge in [-0.3, -0.25) is 4.79 Å². The average molecular weight is 338 g/mol. The van der Waals surface area contributed by atoms with Crippen molar-refractivity contribution in [2.24, 2.45) is 0 Å². The molecule has 0 saturated heterocycles. The molecule has 0 saturated carbocycles. The summed E-state index contributed by atoms with van der Waals surface area (Å²) in [5.74, 6) is -0.850. The number of anilines is 1. The summed E-state index contributed by atoms with van der Waals surface area (Å²) in [4.78, 5) is 23.9. The van der Waals surface area contributed by atoms with Crippen LogP contribution >= 0.6 is 15.9 Å². The average Bonchev–Trinajstić information content (AvgIpc) is 2.86. The zero-order valence-electron chi connectivity index (χ0n) is 10.7. The summed E-state index contributed by atoms with van der Waals surface area (Å²) in [5, 5.41) is 2.66. The molecule has 0 radical (unpaired) electrons. The van der Waals surface area contributed by atoms with Crippen molar-refractivity contribution in [3.05, 3.63) is 52.4 Å². The minimum atomic E-state index is -0.477. The lowest BCUT2D eigenvalue weighted by Crippen LogP contribution is -2.15. The normalized spacial score (nSPS) is 10.1. The largest absolute Gasteiger partial charge is 0.462 e. The number of ether oxygens (including phenoxy) is 1. The summed E-state index contributed by atoms with van der Waals surface area (Å²) < 4.78 is 10.3. The van der Waals surface area contributed by atoms with Gasteiger partial charge in [0.05, 0.1) is 29.7 Å². The maximum Gasteiger partial charge on any atom is 0.340 e. The highest BCUT2D eigenvalue weighted by molar-refractivity contribution is 9.10. The monoisotopic (exact) mass is 337 g/mol. The fourth-order valence-electron chi connectivity index (χ4n) is 1.62. The van der Waals surface area contributed by atoms with E-state index in [-0.39, 0.29) is 12.5 Å². The Kier molecular flexibility index (Phi) is 4.57. The van der Waals surface area contributed by atoms with Crippen LogP contribution in [0.5, 0.6) is 0 Å². The number of hydrogen-bond donors (Lipinski definition) is 1. The minimum Gasteiger partial charge on any atom is -0.462 e. The number of rotatable bonds is 4. The minimum absolute atomic E-state index is 0.272. The van der Waals surface area contributed by atoms with Crippen molar-refractivity contribution in [3.63, 3.8) is 0 Å². The predicted octanol–water partition coefficient (Wildman–Crippen LogP) is 3.47. The second kappa shape index (κ2) is 6.38. The number of carbonyl (C=O) groups is 2. The van der Waals surface area contributed by atoms with E-state index < -0.39 is 5.97 Å². The highest BCUT2D eigenvalue weighted by Crippen LogP contribution is 2.21. The molecule has 1 amide bonds. The highest BCUT2D eigenvalue weighted by atomic mass is 79.9. The van der Waals surface area contributed by atoms with E-state index in [1.807, 2.05) is 0 Å². The van der Waals surface area contributed by atoms with Crippen molar-refractivity contribution in [1.82, 2.24) is 0 Å². The van der Waals surface area contributed by atoms with Crippen LogP contribution in [-0.2, 0) is 4.74 Å². The van der Waals surface area contributed by atoms with Gasteiger partial charge >= 0.3 is 5.97 Å². The first kappa shape index (κ1) is 14.3. The van der Waals surface area contributed by atoms with Crippen LogP contribution in [0.4, 0.5) is 5.69 Å². The SMILES string of the molecule is CCOC(=O)c1ccccc1NC(=O)c1ccoc1Br. The van der Waals surface area contributed by atoms with Gasteiger partial charge in [-0.2, -0.15) is 0 Å². The number of para-hydroxylation sites is 1. The molecule has 0 fully saturated rings. The van der Waals surface area contributed by atoms with Gasteiger partial charge in [0.2, 0.25) is 0 Å². The molecule has 0 aliphatic carbocycles. The second-order valence-electron chi connectivity index (χ2n) is 3.83. The Labute approximate surface area is 124 Å². The van der Waals surface area contributed by atoms with Gasteiger partial charge in [-0.15, -0.1) is 0 Å². The number of carbonyl (C=O) groups excluding carboxylic acids is 2. The third kappa shape index (κ3) is 3.08. The van der Waals surface area contributed by atoms with Crippen molar-refractivity contribution in [1.29, 1.82) is 0 Å². The maximum atomic E-state index is 12.1. The van der Waals surface area contributed by atoms with Crippen LogP contribution in [-0.4, -0.2) is 18.5 Å². The fraction of sp³-hybridized carbons (Fsp3) is 0.143. The molecule has 0 spiro atoms. The predicted molar refractivity (Wildman–Crippen MR) is 76.8 cm³/mol. The summed E-state index contributed by atoms with van der Waals surface area (Å²) in [7, 11) is 0. The molecular weight excluding hydrogens is 326 g/mol. The molecule has 0 aliphatic rings. The van der Waals surface area contributed by atoms with E-state index in [1.54, 1.807) is 31.2 Å². The third-order valence-electron chi connectivity index (χ3n) is 2.53. The number of benzene rings is 1. The molecule has 104 valence electrons. The van der Waals surface area contributed by atoms with E-state index in [0.717, 1.165) is 0 Å². The molecule has 0 aliphatic heterocycles. The van der Waals surface area contributed by atoms with Crippen LogP contribution < -0.4 is 5.32 Å². The standard InChI is InChI=1S/C14H12BrNO4/c1-2-19-14(18)9-5-3-4-6-11(9)16-13(17)10-7-8-20-12(10)15/h3-8H,2H2,1H3,(H,16,17). The first-order chi connectivity index (χ1) is 9.63. The number of amides is 1. The fourth-order valence-corrected chi connectivity index (χ4v) is 2.04. The Morgan fingerprint density at radius 3 is 2.65 bits per heavy atom. The van der Waals surface area contributed by atoms with Crippen LogP contribution in [0.3, 0.4) is 0 Å². The molecule has 20 heavy (non-hydrogen) atoms. The molecular formula is C14H12BrNO4. The van der Waals surface area contributed by atoms with Gasteiger partial charge in [0.15, 0.2) is 4.67 Å². The van der Waals surface area contributed by atoms with Gasteiger partial charge < -0.3 is 14.5 Å². The van der Waals surface area contributed by atoms with E-state index in [9.17, 15) is 9.59 Å². The molecule has 5 nitrogen and oxygen atoms in total. The molecule has 2 aromatic rings. The first-order valence-electron chi connectivity index (χ1n) is 5.94. The molecule has 1 aromatic carbocycles. The summed E-state index contributed by atoms with van der Waals surface area (Å²) in [6.45, 7) is 2.00. The summed E-state index contributed by atoms with van der Waals surface area (Å²) >= 11 is 3.13. The van der Waals surface area contributed by atoms with Crippen molar-refractivity contribution < 1.29 is 18.7 Å². The molecule has 1 heterocycles. The topological polar surface area (TPSA) is 68.5 Å². The van der Waals surface area contributed by atoms with Crippen LogP contribution in [0.15, 0.2) is 45.7 Å². The zero-order valence-corrected chi connectivity index (χ0v) is 12.3. The molecule has 0 atom stereocenters. The zero-order chi connectivity index (χ0) is 14.5. The maximum absolute atomic E-state index is 12.1. The van der Waals surface area contributed by atoms with E-state index in [1.165, 1.54) is 12.3 Å². The Balaban J connectivity index is 2.24. The van der Waals surface area contributed by atoms with Gasteiger partial charge in [-0.1, -0.05) is 12.1 Å². The lowest BCUT2D eigenvalue weighted by Gasteiger charge is -2.09. The van der Waals surface area contributed by atoms with Crippen LogP contribution in [0.2, 0.25) is 0 Å². The molecule has 2 rings (SSSR count). The van der Waals surface area contributed by atoms with E-state index >= 15 is 0 Å². The number of hydrogen-bond acceptors (Lipinski definition) is 4. The Morgan fingerprint density at radius 1 is 1.25 bits per heavy atom. The van der Waals surface area contributed by atoms with Crippen LogP contribution in [0, 0.1) is 0 Å². The molecule has 0 bridgehead atoms. The number of nitrogens with one attached hydrogen (secondary N) is 1. The van der Waals surface area contributed by atoms with Gasteiger partial charge in [-0.25, -0.2) is 4.79 Å². The lowest BCUT2D eigenvalue weighted by molar-refractivity contribution is 0.0527. The van der Waals surface area contributed by atoms with Gasteiger partial charge in [0, 0.05) is 0 Å². The summed E-state index contributed by atoms with van der Waals surface area (Å²) in [6, 6.07) is 8.20. The van der Waals surface area contributed by atoms with Gasteiger partial charge in [0.25, 0.3) is 5.91 Å². The van der Waals surface area contributed by atoms with Gasteiger partial charge in [0.1, 0.15) is 0 Å². The molecule has 0 unspecified atom stereocenters. The highest BCUT2D eigenvalue weighted by Gasteiger charge is 2.17. The van der Waals surface area contributed by atoms with E-state index in [4.69, 9.17) is 9.15 Å². The summed E-state index contributed by atoms with van der Waals surface area (Å²) in [6.07, 6.45) is 1.40. The van der Waals surface area contributed by atoms with Crippen LogP contribution in [0.1, 0.15) is 27.6 Å². The van der Waals surface area contributed by atoms with E-state index in [0.29, 0.717) is 21.5 Å². The van der Waals surface area contributed by atoms with E-state index in [2.05, 4.69) is 21.2 Å². The van der Waals surface area contributed by atoms with Crippen molar-refractivity contribution in [3.8, 4) is 0 Å². The lowest BCUT2D eigenvalue weighted by atomic mass is 10.1. The Morgan fingerprint density at radius 2 is 2.00 bits per heavy atom. The number of furan rings is 1.